The van der Waals surface area contributed by atoms with Crippen molar-refractivity contribution >= 4 is 11.4 Å². The number of pyridine rings is 1. The van der Waals surface area contributed by atoms with Gasteiger partial charge in [0.2, 0.25) is 0 Å². The Labute approximate surface area is 102 Å². The van der Waals surface area contributed by atoms with Gasteiger partial charge in [0, 0.05) is 12.7 Å². The summed E-state index contributed by atoms with van der Waals surface area (Å²) in [6, 6.07) is 2.53. The van der Waals surface area contributed by atoms with Crippen LogP contribution in [0.4, 0.5) is 11.4 Å². The summed E-state index contributed by atoms with van der Waals surface area (Å²) in [4.78, 5) is 6.62. The molecule has 2 aliphatic rings. The first-order valence-corrected chi connectivity index (χ1v) is 6.43. The van der Waals surface area contributed by atoms with Gasteiger partial charge in [-0.25, -0.2) is 0 Å². The fraction of sp³-hybridized carbons (Fsp3) is 0.615. The molecule has 1 aliphatic heterocycles. The third-order valence-corrected chi connectivity index (χ3v) is 3.81. The van der Waals surface area contributed by atoms with Crippen molar-refractivity contribution in [3.63, 3.8) is 0 Å². The van der Waals surface area contributed by atoms with Crippen molar-refractivity contribution in [3.05, 3.63) is 18.5 Å². The van der Waals surface area contributed by atoms with Crippen LogP contribution in [0, 0.1) is 0 Å². The van der Waals surface area contributed by atoms with Crippen molar-refractivity contribution in [1.82, 2.24) is 4.98 Å². The molecule has 2 N–H and O–H groups in total. The Hall–Kier alpha value is -1.29. The van der Waals surface area contributed by atoms with Gasteiger partial charge in [0.25, 0.3) is 0 Å². The molecule has 1 saturated carbocycles. The van der Waals surface area contributed by atoms with Crippen molar-refractivity contribution in [2.24, 2.45) is 0 Å². The second kappa shape index (κ2) is 4.53. The highest BCUT2D eigenvalue weighted by Gasteiger charge is 2.34. The molecule has 92 valence electrons. The minimum atomic E-state index is 0.402. The molecule has 1 aromatic rings. The summed E-state index contributed by atoms with van der Waals surface area (Å²) in [6.07, 6.45) is 9.02. The van der Waals surface area contributed by atoms with E-state index in [1.807, 2.05) is 12.3 Å². The van der Waals surface area contributed by atoms with Crippen LogP contribution < -0.4 is 10.6 Å². The number of ether oxygens (including phenoxy) is 1. The van der Waals surface area contributed by atoms with Crippen LogP contribution in [0.2, 0.25) is 0 Å². The van der Waals surface area contributed by atoms with Gasteiger partial charge >= 0.3 is 0 Å². The first-order valence-electron chi connectivity index (χ1n) is 6.43. The smallest absolute Gasteiger partial charge is 0.0779 e. The van der Waals surface area contributed by atoms with E-state index in [1.165, 1.54) is 25.7 Å². The maximum absolute atomic E-state index is 5.87. The van der Waals surface area contributed by atoms with Crippen LogP contribution in [0.3, 0.4) is 0 Å². The molecule has 3 rings (SSSR count). The highest BCUT2D eigenvalue weighted by Crippen LogP contribution is 2.32. The highest BCUT2D eigenvalue weighted by molar-refractivity contribution is 5.54. The molecule has 17 heavy (non-hydrogen) atoms. The normalized spacial score (nSPS) is 28.8. The Kier molecular flexibility index (Phi) is 2.89. The summed E-state index contributed by atoms with van der Waals surface area (Å²) >= 11 is 0. The standard InChI is InChI=1S/C13H19N3O/c14-10-7-11(9-15-8-10)16-5-6-17-13-4-2-1-3-12(13)16/h7-9,12-13H,1-6,14H2. The average molecular weight is 233 g/mol. The van der Waals surface area contributed by atoms with E-state index in [2.05, 4.69) is 9.88 Å². The fourth-order valence-electron chi connectivity index (χ4n) is 3.02. The monoisotopic (exact) mass is 233 g/mol. The summed E-state index contributed by atoms with van der Waals surface area (Å²) in [5.74, 6) is 0. The Morgan fingerprint density at radius 3 is 3.06 bits per heavy atom. The molecule has 1 aliphatic carbocycles. The molecule has 2 fully saturated rings. The number of aromatic nitrogens is 1. The van der Waals surface area contributed by atoms with Gasteiger partial charge in [0.05, 0.1) is 36.3 Å². The van der Waals surface area contributed by atoms with Crippen LogP contribution in [-0.4, -0.2) is 30.3 Å². The minimum Gasteiger partial charge on any atom is -0.397 e. The number of hydrogen-bond acceptors (Lipinski definition) is 4. The maximum atomic E-state index is 5.87. The van der Waals surface area contributed by atoms with E-state index in [0.717, 1.165) is 24.5 Å². The van der Waals surface area contributed by atoms with Crippen LogP contribution in [-0.2, 0) is 4.74 Å². The largest absolute Gasteiger partial charge is 0.397 e. The number of nitrogens with zero attached hydrogens (tertiary/aromatic N) is 2. The molecule has 2 atom stereocenters. The number of fused-ring (bicyclic) bond motifs is 1. The molecule has 0 aromatic carbocycles. The predicted octanol–water partition coefficient (Wildman–Crippen LogP) is 1.81. The van der Waals surface area contributed by atoms with Gasteiger partial charge in [-0.3, -0.25) is 4.98 Å². The van der Waals surface area contributed by atoms with Crippen molar-refractivity contribution in [3.8, 4) is 0 Å². The van der Waals surface area contributed by atoms with Crippen LogP contribution in [0.25, 0.3) is 0 Å². The Balaban J connectivity index is 1.85. The second-order valence-corrected chi connectivity index (χ2v) is 4.93. The highest BCUT2D eigenvalue weighted by atomic mass is 16.5. The van der Waals surface area contributed by atoms with Crippen molar-refractivity contribution < 1.29 is 4.74 Å². The van der Waals surface area contributed by atoms with Gasteiger partial charge in [-0.1, -0.05) is 12.8 Å². The lowest BCUT2D eigenvalue weighted by molar-refractivity contribution is -0.00869. The molecule has 4 nitrogen and oxygen atoms in total. The van der Waals surface area contributed by atoms with E-state index < -0.39 is 0 Å². The van der Waals surface area contributed by atoms with Gasteiger partial charge in [-0.2, -0.15) is 0 Å². The number of morpholine rings is 1. The lowest BCUT2D eigenvalue weighted by Gasteiger charge is -2.45. The third-order valence-electron chi connectivity index (χ3n) is 3.81. The molecule has 0 radical (unpaired) electrons. The Morgan fingerprint density at radius 1 is 1.29 bits per heavy atom. The SMILES string of the molecule is Nc1cncc(N2CCOC3CCCCC32)c1. The summed E-state index contributed by atoms with van der Waals surface area (Å²) in [5.41, 5.74) is 7.69. The van der Waals surface area contributed by atoms with Crippen molar-refractivity contribution in [2.45, 2.75) is 37.8 Å². The molecular weight excluding hydrogens is 214 g/mol. The molecule has 2 unspecified atom stereocenters. The zero-order valence-corrected chi connectivity index (χ0v) is 10.0. The minimum absolute atomic E-state index is 0.402. The second-order valence-electron chi connectivity index (χ2n) is 4.93. The number of anilines is 2. The summed E-state index contributed by atoms with van der Waals surface area (Å²) in [7, 11) is 0. The average Bonchev–Trinajstić information content (AvgIpc) is 2.38. The lowest BCUT2D eigenvalue weighted by atomic mass is 9.90. The van der Waals surface area contributed by atoms with Gasteiger partial charge in [-0.15, -0.1) is 0 Å². The zero-order chi connectivity index (χ0) is 11.7. The number of hydrogen-bond donors (Lipinski definition) is 1. The molecular formula is C13H19N3O. The van der Waals surface area contributed by atoms with Gasteiger partial charge in [0.1, 0.15) is 0 Å². The first kappa shape index (κ1) is 10.8. The summed E-state index contributed by atoms with van der Waals surface area (Å²) in [6.45, 7) is 1.77. The lowest BCUT2D eigenvalue weighted by Crippen LogP contribution is -2.52. The van der Waals surface area contributed by atoms with E-state index in [9.17, 15) is 0 Å². The van der Waals surface area contributed by atoms with Crippen LogP contribution in [0.1, 0.15) is 25.7 Å². The zero-order valence-electron chi connectivity index (χ0n) is 10.0. The molecule has 2 heterocycles. The van der Waals surface area contributed by atoms with E-state index in [1.54, 1.807) is 6.20 Å². The molecule has 0 bridgehead atoms. The predicted molar refractivity (Wildman–Crippen MR) is 68.0 cm³/mol. The Morgan fingerprint density at radius 2 is 2.18 bits per heavy atom. The topological polar surface area (TPSA) is 51.4 Å². The molecule has 4 heteroatoms. The Bertz CT molecular complexity index is 394. The van der Waals surface area contributed by atoms with Crippen LogP contribution in [0.15, 0.2) is 18.5 Å². The van der Waals surface area contributed by atoms with Crippen LogP contribution in [0.5, 0.6) is 0 Å². The van der Waals surface area contributed by atoms with E-state index >= 15 is 0 Å². The quantitative estimate of drug-likeness (QED) is 0.803. The van der Waals surface area contributed by atoms with Gasteiger partial charge in [-0.05, 0) is 18.9 Å². The van der Waals surface area contributed by atoms with E-state index in [-0.39, 0.29) is 0 Å². The number of rotatable bonds is 1. The maximum Gasteiger partial charge on any atom is 0.0779 e. The fourth-order valence-corrected chi connectivity index (χ4v) is 3.02. The molecule has 1 saturated heterocycles. The number of nitrogens with two attached hydrogens (primary N) is 1. The third kappa shape index (κ3) is 2.09. The van der Waals surface area contributed by atoms with Crippen molar-refractivity contribution in [2.75, 3.05) is 23.8 Å². The van der Waals surface area contributed by atoms with Crippen molar-refractivity contribution in [1.29, 1.82) is 0 Å². The van der Waals surface area contributed by atoms with E-state index in [4.69, 9.17) is 10.5 Å². The number of nitrogen functional groups attached to an aromatic ring is 1. The summed E-state index contributed by atoms with van der Waals surface area (Å²) < 4.78 is 5.87. The van der Waals surface area contributed by atoms with E-state index in [0.29, 0.717) is 12.1 Å². The molecule has 0 spiro atoms. The van der Waals surface area contributed by atoms with Gasteiger partial charge < -0.3 is 15.4 Å². The first-order chi connectivity index (χ1) is 8.34. The molecule has 1 aromatic heterocycles. The van der Waals surface area contributed by atoms with Crippen LogP contribution >= 0.6 is 0 Å². The van der Waals surface area contributed by atoms with Gasteiger partial charge in [0.15, 0.2) is 0 Å². The summed E-state index contributed by atoms with van der Waals surface area (Å²) in [5, 5.41) is 0. The molecule has 0 amide bonds.